The third-order valence-corrected chi connectivity index (χ3v) is 12.5. The summed E-state index contributed by atoms with van der Waals surface area (Å²) in [4.78, 5) is 69.7. The van der Waals surface area contributed by atoms with Crippen molar-refractivity contribution in [1.29, 1.82) is 0 Å². The highest BCUT2D eigenvalue weighted by Crippen LogP contribution is 2.34. The zero-order valence-corrected chi connectivity index (χ0v) is 32.0. The van der Waals surface area contributed by atoms with E-state index in [2.05, 4.69) is 33.8 Å². The molecule has 1 aliphatic carbocycles. The lowest BCUT2D eigenvalue weighted by Gasteiger charge is -2.38. The van der Waals surface area contributed by atoms with Gasteiger partial charge in [-0.05, 0) is 61.7 Å². The average molecular weight is 733 g/mol. The Hall–Kier alpha value is -3.44. The van der Waals surface area contributed by atoms with E-state index in [4.69, 9.17) is 6.42 Å². The second kappa shape index (κ2) is 18.9. The van der Waals surface area contributed by atoms with Crippen molar-refractivity contribution < 1.29 is 32.4 Å². The summed E-state index contributed by atoms with van der Waals surface area (Å²) in [6.45, 7) is 14.2. The summed E-state index contributed by atoms with van der Waals surface area (Å²) in [6.07, 6.45) is 13.3. The Labute approximate surface area is 304 Å². The fourth-order valence-corrected chi connectivity index (χ4v) is 9.03. The number of ketones is 1. The zero-order chi connectivity index (χ0) is 37.9. The van der Waals surface area contributed by atoms with Crippen LogP contribution in [0.1, 0.15) is 98.8 Å². The Bertz CT molecular complexity index is 1410. The van der Waals surface area contributed by atoms with E-state index in [1.165, 1.54) is 15.3 Å². The quantitative estimate of drug-likeness (QED) is 0.114. The zero-order valence-electron chi connectivity index (χ0n) is 31.2. The number of nitrogens with zero attached hydrogens (tertiary/aromatic N) is 2. The van der Waals surface area contributed by atoms with Crippen molar-refractivity contribution >= 4 is 39.6 Å². The Balaban J connectivity index is 1.87. The van der Waals surface area contributed by atoms with Gasteiger partial charge < -0.3 is 26.2 Å². The van der Waals surface area contributed by atoms with Gasteiger partial charge in [-0.25, -0.2) is 13.2 Å². The van der Waals surface area contributed by atoms with Gasteiger partial charge in [-0.1, -0.05) is 60.0 Å². The first kappa shape index (κ1) is 42.0. The molecule has 0 spiro atoms. The van der Waals surface area contributed by atoms with Crippen molar-refractivity contribution in [2.45, 2.75) is 123 Å². The van der Waals surface area contributed by atoms with Crippen LogP contribution in [0.5, 0.6) is 0 Å². The first-order chi connectivity index (χ1) is 24.0. The van der Waals surface area contributed by atoms with Crippen molar-refractivity contribution in [1.82, 2.24) is 30.5 Å². The van der Waals surface area contributed by atoms with Gasteiger partial charge in [-0.3, -0.25) is 19.2 Å². The van der Waals surface area contributed by atoms with E-state index >= 15 is 0 Å². The van der Waals surface area contributed by atoms with Gasteiger partial charge in [0.05, 0.1) is 11.8 Å². The number of carbonyl (C=O) groups excluding carboxylic acids is 5. The van der Waals surface area contributed by atoms with Crippen LogP contribution < -0.4 is 21.3 Å². The maximum atomic E-state index is 14.6. The molecule has 0 aromatic heterocycles. The minimum absolute atomic E-state index is 0.0114. The maximum Gasteiger partial charge on any atom is 0.315 e. The molecule has 3 rings (SSSR count). The monoisotopic (exact) mass is 732 g/mol. The van der Waals surface area contributed by atoms with Gasteiger partial charge >= 0.3 is 6.03 Å². The van der Waals surface area contributed by atoms with Crippen LogP contribution in [-0.2, 0) is 29.2 Å². The fraction of sp³-hybridized carbons (Fsp3) is 0.757. The summed E-state index contributed by atoms with van der Waals surface area (Å²) in [5.74, 6) is -0.460. The first-order valence-electron chi connectivity index (χ1n) is 18.5. The number of hydrogen-bond acceptors (Lipinski definition) is 7. The lowest BCUT2D eigenvalue weighted by molar-refractivity contribution is -0.144. The summed E-state index contributed by atoms with van der Waals surface area (Å²) in [5.41, 5.74) is -0.493. The van der Waals surface area contributed by atoms with E-state index in [9.17, 15) is 32.4 Å². The molecule has 14 heteroatoms. The fourth-order valence-electron chi connectivity index (χ4n) is 7.42. The molecule has 0 aromatic carbocycles. The number of sulfonamides is 1. The van der Waals surface area contributed by atoms with Crippen LogP contribution in [0.3, 0.4) is 0 Å². The molecule has 286 valence electrons. The molecule has 2 heterocycles. The Morgan fingerprint density at radius 1 is 0.961 bits per heavy atom. The number of nitrogens with one attached hydrogen (secondary N) is 4. The molecule has 1 unspecified atom stereocenters. The first-order valence-corrected chi connectivity index (χ1v) is 20.1. The summed E-state index contributed by atoms with van der Waals surface area (Å²) >= 11 is 0. The standard InChI is InChI=1S/C37H60N6O7S/c1-8-10-18-28(32(44)34(46)38-20-9-2)39-33(45)31-27(25(3)4)19-22-43(31)35(47)30(26-16-12-11-13-17-26)41-36(48)40-29(37(5,6)7)24-42-21-14-15-23-51(42,49)50/h1,9,25-31H,2,10-24H2,3-7H3,(H,38,46)(H,39,45)(H2,40,41,48)/t27-,28?,29-,30+,31+/m1/s1. The molecule has 3 fully saturated rings. The summed E-state index contributed by atoms with van der Waals surface area (Å²) < 4.78 is 27.1. The summed E-state index contributed by atoms with van der Waals surface area (Å²) in [5, 5.41) is 11.2. The van der Waals surface area contributed by atoms with Crippen molar-refractivity contribution in [2.75, 3.05) is 31.9 Å². The van der Waals surface area contributed by atoms with Crippen LogP contribution in [0.25, 0.3) is 0 Å². The number of carbonyl (C=O) groups is 5. The van der Waals surface area contributed by atoms with E-state index in [1.54, 1.807) is 0 Å². The van der Waals surface area contributed by atoms with Crippen LogP contribution >= 0.6 is 0 Å². The molecule has 0 bridgehead atoms. The van der Waals surface area contributed by atoms with E-state index in [-0.39, 0.29) is 61.9 Å². The number of likely N-dealkylation sites (tertiary alicyclic amines) is 1. The van der Waals surface area contributed by atoms with Gasteiger partial charge in [0, 0.05) is 38.6 Å². The van der Waals surface area contributed by atoms with Crippen molar-refractivity contribution in [3.05, 3.63) is 12.7 Å². The predicted molar refractivity (Wildman–Crippen MR) is 197 cm³/mol. The second-order valence-corrected chi connectivity index (χ2v) is 17.7. The average Bonchev–Trinajstić information content (AvgIpc) is 3.54. The van der Waals surface area contributed by atoms with Crippen LogP contribution in [0, 0.1) is 35.5 Å². The SMILES string of the molecule is C#CCCC(NC(=O)[C@@H]1[C@@H](C(C)C)CCN1C(=O)[C@@H](NC(=O)N[C@H](CN1CCCCS1(=O)=O)C(C)(C)C)C1CCCCC1)C(=O)C(=O)NCC=C. The molecule has 4 N–H and O–H groups in total. The van der Waals surface area contributed by atoms with E-state index in [0.717, 1.165) is 38.5 Å². The number of Topliss-reactive ketones (excluding diaryl/α,β-unsaturated/α-hetero) is 1. The highest BCUT2D eigenvalue weighted by atomic mass is 32.2. The van der Waals surface area contributed by atoms with Gasteiger partial charge in [-0.15, -0.1) is 18.9 Å². The highest BCUT2D eigenvalue weighted by molar-refractivity contribution is 7.89. The molecule has 51 heavy (non-hydrogen) atoms. The lowest BCUT2D eigenvalue weighted by atomic mass is 9.82. The van der Waals surface area contributed by atoms with Crippen LogP contribution in [0.15, 0.2) is 12.7 Å². The van der Waals surface area contributed by atoms with Gasteiger partial charge in [0.25, 0.3) is 5.91 Å². The van der Waals surface area contributed by atoms with Crippen molar-refractivity contribution in [3.63, 3.8) is 0 Å². The molecule has 3 aliphatic rings. The topological polar surface area (TPSA) is 174 Å². The highest BCUT2D eigenvalue weighted by Gasteiger charge is 2.47. The normalized spacial score (nSPS) is 23.0. The largest absolute Gasteiger partial charge is 0.346 e. The van der Waals surface area contributed by atoms with Gasteiger partial charge in [0.15, 0.2) is 0 Å². The van der Waals surface area contributed by atoms with E-state index in [0.29, 0.717) is 19.4 Å². The number of amides is 5. The van der Waals surface area contributed by atoms with E-state index < -0.39 is 63.2 Å². The van der Waals surface area contributed by atoms with Gasteiger partial charge in [-0.2, -0.15) is 4.31 Å². The van der Waals surface area contributed by atoms with Crippen LogP contribution in [0.2, 0.25) is 0 Å². The van der Waals surface area contributed by atoms with Crippen LogP contribution in [-0.4, -0.2) is 103 Å². The third kappa shape index (κ3) is 11.5. The van der Waals surface area contributed by atoms with Gasteiger partial charge in [0.1, 0.15) is 12.1 Å². The molecule has 5 amide bonds. The number of terminal acetylenes is 1. The molecular formula is C37H60N6O7S. The minimum Gasteiger partial charge on any atom is -0.346 e. The Morgan fingerprint density at radius 2 is 1.65 bits per heavy atom. The van der Waals surface area contributed by atoms with E-state index in [1.807, 2.05) is 34.6 Å². The van der Waals surface area contributed by atoms with Gasteiger partial charge in [0.2, 0.25) is 27.6 Å². The lowest BCUT2D eigenvalue weighted by Crippen LogP contribution is -2.61. The molecule has 2 aliphatic heterocycles. The third-order valence-electron chi connectivity index (χ3n) is 10.6. The van der Waals surface area contributed by atoms with Crippen LogP contribution in [0.4, 0.5) is 4.79 Å². The van der Waals surface area contributed by atoms with Crippen molar-refractivity contribution in [2.24, 2.45) is 23.2 Å². The predicted octanol–water partition coefficient (Wildman–Crippen LogP) is 2.72. The smallest absolute Gasteiger partial charge is 0.315 e. The molecule has 1 saturated carbocycles. The molecule has 5 atom stereocenters. The molecule has 2 saturated heterocycles. The number of rotatable bonds is 15. The molecule has 13 nitrogen and oxygen atoms in total. The molecule has 0 radical (unpaired) electrons. The summed E-state index contributed by atoms with van der Waals surface area (Å²) in [6, 6.07) is -4.14. The second-order valence-electron chi connectivity index (χ2n) is 15.6. The number of urea groups is 1. The molecule has 0 aromatic rings. The Kier molecular flexibility index (Phi) is 15.5. The number of hydrogen-bond donors (Lipinski definition) is 4. The summed E-state index contributed by atoms with van der Waals surface area (Å²) in [7, 11) is -3.43. The minimum atomic E-state index is -3.43. The maximum absolute atomic E-state index is 14.6. The molecular weight excluding hydrogens is 673 g/mol. The Morgan fingerprint density at radius 3 is 2.24 bits per heavy atom. The van der Waals surface area contributed by atoms with Crippen molar-refractivity contribution in [3.8, 4) is 12.3 Å².